The van der Waals surface area contributed by atoms with Gasteiger partial charge in [0.1, 0.15) is 0 Å². The molecule has 2 saturated heterocycles. The predicted octanol–water partition coefficient (Wildman–Crippen LogP) is 2.32. The van der Waals surface area contributed by atoms with E-state index in [2.05, 4.69) is 19.2 Å². The van der Waals surface area contributed by atoms with E-state index in [1.165, 1.54) is 12.8 Å². The van der Waals surface area contributed by atoms with Crippen LogP contribution >= 0.6 is 12.4 Å². The number of likely N-dealkylation sites (tertiary alicyclic amines) is 1. The van der Waals surface area contributed by atoms with Gasteiger partial charge in [0.15, 0.2) is 0 Å². The molecular formula is C16H31ClN2O2. The monoisotopic (exact) mass is 318 g/mol. The molecule has 2 aliphatic rings. The second-order valence-electron chi connectivity index (χ2n) is 6.67. The van der Waals surface area contributed by atoms with Gasteiger partial charge < -0.3 is 15.0 Å². The molecule has 4 unspecified atom stereocenters. The van der Waals surface area contributed by atoms with Gasteiger partial charge in [-0.3, -0.25) is 4.79 Å². The zero-order valence-corrected chi connectivity index (χ0v) is 14.5. The van der Waals surface area contributed by atoms with E-state index >= 15 is 0 Å². The minimum atomic E-state index is 0. The molecule has 5 heteroatoms. The smallest absolute Gasteiger partial charge is 0.222 e. The second kappa shape index (κ2) is 8.96. The molecule has 2 fully saturated rings. The number of hydrogen-bond acceptors (Lipinski definition) is 3. The van der Waals surface area contributed by atoms with Crippen LogP contribution in [0.25, 0.3) is 0 Å². The first-order valence-corrected chi connectivity index (χ1v) is 8.13. The van der Waals surface area contributed by atoms with Crippen molar-refractivity contribution in [2.24, 2.45) is 17.8 Å². The lowest BCUT2D eigenvalue weighted by Crippen LogP contribution is -2.47. The third kappa shape index (κ3) is 5.11. The van der Waals surface area contributed by atoms with Gasteiger partial charge in [-0.05, 0) is 50.1 Å². The Labute approximate surface area is 135 Å². The van der Waals surface area contributed by atoms with Crippen LogP contribution < -0.4 is 5.32 Å². The van der Waals surface area contributed by atoms with Crippen molar-refractivity contribution in [3.05, 3.63) is 0 Å². The van der Waals surface area contributed by atoms with Crippen LogP contribution in [0.4, 0.5) is 0 Å². The first kappa shape index (κ1) is 18.7. The topological polar surface area (TPSA) is 41.6 Å². The highest BCUT2D eigenvalue weighted by Crippen LogP contribution is 2.25. The van der Waals surface area contributed by atoms with Crippen LogP contribution in [0.2, 0.25) is 0 Å². The number of amides is 1. The normalized spacial score (nSPS) is 31.4. The summed E-state index contributed by atoms with van der Waals surface area (Å²) in [6.45, 7) is 8.33. The number of hydrogen-bond donors (Lipinski definition) is 1. The summed E-state index contributed by atoms with van der Waals surface area (Å²) < 4.78 is 5.50. The first-order valence-electron chi connectivity index (χ1n) is 8.13. The van der Waals surface area contributed by atoms with Crippen molar-refractivity contribution in [1.29, 1.82) is 0 Å². The van der Waals surface area contributed by atoms with Crippen LogP contribution in [0.15, 0.2) is 0 Å². The van der Waals surface area contributed by atoms with E-state index in [-0.39, 0.29) is 18.5 Å². The number of methoxy groups -OCH3 is 1. The average molecular weight is 319 g/mol. The van der Waals surface area contributed by atoms with Gasteiger partial charge in [-0.1, -0.05) is 13.8 Å². The van der Waals surface area contributed by atoms with E-state index in [0.717, 1.165) is 32.6 Å². The van der Waals surface area contributed by atoms with Crippen molar-refractivity contribution in [3.63, 3.8) is 0 Å². The number of carbonyl (C=O) groups excluding carboxylic acids is 1. The molecule has 2 rings (SSSR count). The number of nitrogens with one attached hydrogen (secondary N) is 1. The molecule has 21 heavy (non-hydrogen) atoms. The van der Waals surface area contributed by atoms with E-state index < -0.39 is 0 Å². The highest BCUT2D eigenvalue weighted by atomic mass is 35.5. The molecule has 2 aliphatic heterocycles. The number of carbonyl (C=O) groups is 1. The SMILES string of the molecule is COC1CN(C(=O)CC(C)C2CCCNC2)CCC1C.Cl. The van der Waals surface area contributed by atoms with Gasteiger partial charge in [0.25, 0.3) is 0 Å². The summed E-state index contributed by atoms with van der Waals surface area (Å²) in [7, 11) is 1.76. The van der Waals surface area contributed by atoms with Crippen LogP contribution in [0.1, 0.15) is 39.5 Å². The molecule has 124 valence electrons. The number of piperidine rings is 2. The number of ether oxygens (including phenoxy) is 1. The number of nitrogens with zero attached hydrogens (tertiary/aromatic N) is 1. The second-order valence-corrected chi connectivity index (χ2v) is 6.67. The van der Waals surface area contributed by atoms with Gasteiger partial charge >= 0.3 is 0 Å². The minimum Gasteiger partial charge on any atom is -0.379 e. The lowest BCUT2D eigenvalue weighted by molar-refractivity contribution is -0.137. The third-order valence-corrected chi connectivity index (χ3v) is 5.18. The van der Waals surface area contributed by atoms with Crippen LogP contribution in [-0.2, 0) is 9.53 Å². The first-order chi connectivity index (χ1) is 9.61. The van der Waals surface area contributed by atoms with Crippen molar-refractivity contribution in [2.75, 3.05) is 33.3 Å². The molecule has 4 atom stereocenters. The summed E-state index contributed by atoms with van der Waals surface area (Å²) >= 11 is 0. The fourth-order valence-electron chi connectivity index (χ4n) is 3.50. The van der Waals surface area contributed by atoms with Gasteiger partial charge in [0.2, 0.25) is 5.91 Å². The van der Waals surface area contributed by atoms with Gasteiger partial charge in [0.05, 0.1) is 6.10 Å². The molecule has 0 aliphatic carbocycles. The highest BCUT2D eigenvalue weighted by molar-refractivity contribution is 5.85. The Morgan fingerprint density at radius 1 is 1.43 bits per heavy atom. The van der Waals surface area contributed by atoms with Gasteiger partial charge in [-0.25, -0.2) is 0 Å². The maximum atomic E-state index is 12.5. The minimum absolute atomic E-state index is 0. The van der Waals surface area contributed by atoms with E-state index in [9.17, 15) is 4.79 Å². The Hall–Kier alpha value is -0.320. The number of halogens is 1. The number of rotatable bonds is 4. The van der Waals surface area contributed by atoms with Gasteiger partial charge in [0, 0.05) is 26.6 Å². The Kier molecular flexibility index (Phi) is 7.99. The fraction of sp³-hybridized carbons (Fsp3) is 0.938. The molecule has 1 amide bonds. The molecule has 0 spiro atoms. The molecule has 0 aromatic heterocycles. The zero-order valence-electron chi connectivity index (χ0n) is 13.6. The highest BCUT2D eigenvalue weighted by Gasteiger charge is 2.30. The van der Waals surface area contributed by atoms with Gasteiger partial charge in [-0.15, -0.1) is 12.4 Å². The quantitative estimate of drug-likeness (QED) is 0.865. The molecule has 1 N–H and O–H groups in total. The zero-order chi connectivity index (χ0) is 14.5. The summed E-state index contributed by atoms with van der Waals surface area (Å²) in [5.74, 6) is 2.02. The lowest BCUT2D eigenvalue weighted by atomic mass is 9.85. The lowest BCUT2D eigenvalue weighted by Gasteiger charge is -2.37. The van der Waals surface area contributed by atoms with E-state index in [0.29, 0.717) is 30.1 Å². The largest absolute Gasteiger partial charge is 0.379 e. The average Bonchev–Trinajstić information content (AvgIpc) is 2.48. The van der Waals surface area contributed by atoms with Crippen molar-refractivity contribution < 1.29 is 9.53 Å². The Bertz CT molecular complexity index is 321. The van der Waals surface area contributed by atoms with Crippen molar-refractivity contribution in [1.82, 2.24) is 10.2 Å². The molecule has 2 heterocycles. The predicted molar refractivity (Wildman–Crippen MR) is 87.8 cm³/mol. The molecule has 0 aromatic rings. The summed E-state index contributed by atoms with van der Waals surface area (Å²) in [5, 5.41) is 3.45. The molecule has 0 bridgehead atoms. The Morgan fingerprint density at radius 2 is 2.19 bits per heavy atom. The molecule has 0 aromatic carbocycles. The van der Waals surface area contributed by atoms with Crippen LogP contribution in [0, 0.1) is 17.8 Å². The van der Waals surface area contributed by atoms with E-state index in [1.807, 2.05) is 4.90 Å². The standard InChI is InChI=1S/C16H30N2O2.ClH/c1-12-6-8-18(11-15(12)20-3)16(19)9-13(2)14-5-4-7-17-10-14;/h12-15,17H,4-11H2,1-3H3;1H. The fourth-order valence-corrected chi connectivity index (χ4v) is 3.50. The van der Waals surface area contributed by atoms with Crippen LogP contribution in [0.3, 0.4) is 0 Å². The van der Waals surface area contributed by atoms with E-state index in [1.54, 1.807) is 7.11 Å². The van der Waals surface area contributed by atoms with Gasteiger partial charge in [-0.2, -0.15) is 0 Å². The third-order valence-electron chi connectivity index (χ3n) is 5.18. The Morgan fingerprint density at radius 3 is 2.81 bits per heavy atom. The van der Waals surface area contributed by atoms with E-state index in [4.69, 9.17) is 4.74 Å². The van der Waals surface area contributed by atoms with Crippen molar-refractivity contribution in [2.45, 2.75) is 45.6 Å². The van der Waals surface area contributed by atoms with Crippen molar-refractivity contribution in [3.8, 4) is 0 Å². The molecule has 0 saturated carbocycles. The summed E-state index contributed by atoms with van der Waals surface area (Å²) in [6, 6.07) is 0. The maximum absolute atomic E-state index is 12.5. The Balaban J connectivity index is 0.00000220. The van der Waals surface area contributed by atoms with Crippen molar-refractivity contribution >= 4 is 18.3 Å². The molecule has 0 radical (unpaired) electrons. The summed E-state index contributed by atoms with van der Waals surface area (Å²) in [5.41, 5.74) is 0. The van der Waals surface area contributed by atoms with Crippen LogP contribution in [0.5, 0.6) is 0 Å². The summed E-state index contributed by atoms with van der Waals surface area (Å²) in [4.78, 5) is 14.5. The molecular weight excluding hydrogens is 288 g/mol. The maximum Gasteiger partial charge on any atom is 0.222 e. The molecule has 4 nitrogen and oxygen atoms in total. The summed E-state index contributed by atoms with van der Waals surface area (Å²) in [6.07, 6.45) is 4.47. The van der Waals surface area contributed by atoms with Crippen LogP contribution in [-0.4, -0.2) is 50.2 Å².